The number of carbonyl (C=O) groups is 3. The van der Waals surface area contributed by atoms with Crippen molar-refractivity contribution in [2.24, 2.45) is 11.8 Å². The molecule has 3 rings (SSSR count). The number of carboxylic acids is 1. The molecule has 138 valence electrons. The predicted molar refractivity (Wildman–Crippen MR) is 90.1 cm³/mol. The van der Waals surface area contributed by atoms with E-state index in [2.05, 4.69) is 5.32 Å². The van der Waals surface area contributed by atoms with Crippen LogP contribution in [0.3, 0.4) is 0 Å². The fraction of sp³-hybridized carbons (Fsp3) is 0.421. The van der Waals surface area contributed by atoms with Gasteiger partial charge in [-0.2, -0.15) is 0 Å². The number of anilines is 1. The maximum Gasteiger partial charge on any atom is 0.338 e. The topological polar surface area (TPSA) is 105 Å². The number of carboxylic acid groups (broad SMARTS) is 1. The lowest BCUT2D eigenvalue weighted by Gasteiger charge is -2.24. The predicted octanol–water partition coefficient (Wildman–Crippen LogP) is 0.901. The van der Waals surface area contributed by atoms with Gasteiger partial charge in [0.25, 0.3) is 0 Å². The minimum atomic E-state index is -1.30. The number of fused-ring (bicyclic) bond motifs is 2. The van der Waals surface area contributed by atoms with Crippen LogP contribution in [0.4, 0.5) is 5.69 Å². The van der Waals surface area contributed by atoms with Crippen molar-refractivity contribution >= 4 is 23.5 Å². The first-order chi connectivity index (χ1) is 12.5. The van der Waals surface area contributed by atoms with Crippen LogP contribution in [0.1, 0.15) is 30.1 Å². The van der Waals surface area contributed by atoms with Crippen molar-refractivity contribution in [1.29, 1.82) is 0 Å². The van der Waals surface area contributed by atoms with Gasteiger partial charge in [0.2, 0.25) is 5.91 Å². The molecule has 1 aromatic carbocycles. The highest BCUT2D eigenvalue weighted by atomic mass is 16.5. The first-order valence-electron chi connectivity index (χ1n) is 8.64. The normalized spacial score (nSPS) is 25.9. The van der Waals surface area contributed by atoms with Gasteiger partial charge in [-0.25, -0.2) is 4.79 Å². The fourth-order valence-electron chi connectivity index (χ4n) is 3.21. The van der Waals surface area contributed by atoms with Gasteiger partial charge < -0.3 is 24.7 Å². The van der Waals surface area contributed by atoms with Crippen LogP contribution >= 0.6 is 0 Å². The standard InChI is InChI=1S/C19H21NO6/c1-2-3-10-25-19(24)11-4-6-12(7-5-11)20-17(21)15-13-8-9-14(26-13)16(15)18(22)23/h4-9,13-16H,2-3,10H2,1H3,(H,20,21)(H,22,23)/p-1/t13-,14+,15-,16-/m0/s1. The molecular formula is C19H20NO6-. The molecule has 0 unspecified atom stereocenters. The van der Waals surface area contributed by atoms with Crippen molar-refractivity contribution in [1.82, 2.24) is 0 Å². The van der Waals surface area contributed by atoms with Gasteiger partial charge >= 0.3 is 5.97 Å². The minimum Gasteiger partial charge on any atom is -0.550 e. The zero-order valence-electron chi connectivity index (χ0n) is 14.3. The number of hydrogen-bond donors (Lipinski definition) is 1. The third-order valence-corrected chi connectivity index (χ3v) is 4.59. The Balaban J connectivity index is 1.62. The number of aliphatic carboxylic acids is 1. The molecule has 2 aliphatic heterocycles. The molecule has 2 aliphatic rings. The van der Waals surface area contributed by atoms with Crippen molar-refractivity contribution in [2.45, 2.75) is 32.0 Å². The first-order valence-corrected chi connectivity index (χ1v) is 8.64. The third kappa shape index (κ3) is 3.62. The van der Waals surface area contributed by atoms with Crippen LogP contribution in [0.5, 0.6) is 0 Å². The molecule has 4 atom stereocenters. The highest BCUT2D eigenvalue weighted by Crippen LogP contribution is 2.39. The Morgan fingerprint density at radius 1 is 1.12 bits per heavy atom. The Labute approximate surface area is 151 Å². The number of hydrogen-bond acceptors (Lipinski definition) is 6. The van der Waals surface area contributed by atoms with E-state index in [9.17, 15) is 19.5 Å². The van der Waals surface area contributed by atoms with Gasteiger partial charge in [-0.15, -0.1) is 0 Å². The Kier molecular flexibility index (Phi) is 5.37. The molecule has 1 amide bonds. The number of ether oxygens (including phenoxy) is 2. The lowest BCUT2D eigenvalue weighted by Crippen LogP contribution is -2.45. The highest BCUT2D eigenvalue weighted by molar-refractivity contribution is 5.97. The quantitative estimate of drug-likeness (QED) is 0.441. The summed E-state index contributed by atoms with van der Waals surface area (Å²) in [6, 6.07) is 6.26. The largest absolute Gasteiger partial charge is 0.550 e. The molecule has 0 radical (unpaired) electrons. The van der Waals surface area contributed by atoms with Crippen LogP contribution in [0.2, 0.25) is 0 Å². The summed E-state index contributed by atoms with van der Waals surface area (Å²) in [5.74, 6) is -4.01. The molecular weight excluding hydrogens is 338 g/mol. The second-order valence-corrected chi connectivity index (χ2v) is 6.38. The van der Waals surface area contributed by atoms with Crippen molar-refractivity contribution in [2.75, 3.05) is 11.9 Å². The van der Waals surface area contributed by atoms with E-state index in [1.54, 1.807) is 36.4 Å². The van der Waals surface area contributed by atoms with E-state index in [1.807, 2.05) is 6.92 Å². The summed E-state index contributed by atoms with van der Waals surface area (Å²) in [6.07, 6.45) is 3.90. The van der Waals surface area contributed by atoms with Crippen molar-refractivity contribution in [3.8, 4) is 0 Å². The average Bonchev–Trinajstić information content (AvgIpc) is 3.23. The molecule has 2 heterocycles. The number of benzene rings is 1. The monoisotopic (exact) mass is 358 g/mol. The van der Waals surface area contributed by atoms with Gasteiger partial charge in [-0.1, -0.05) is 25.5 Å². The van der Waals surface area contributed by atoms with Crippen LogP contribution in [-0.2, 0) is 19.1 Å². The molecule has 7 heteroatoms. The summed E-state index contributed by atoms with van der Waals surface area (Å²) in [5, 5.41) is 14.0. The Bertz CT molecular complexity index is 726. The van der Waals surface area contributed by atoms with Gasteiger partial charge in [-0.3, -0.25) is 4.79 Å². The van der Waals surface area contributed by atoms with E-state index in [-0.39, 0.29) is 0 Å². The number of unbranched alkanes of at least 4 members (excludes halogenated alkanes) is 1. The number of nitrogens with one attached hydrogen (secondary N) is 1. The fourth-order valence-corrected chi connectivity index (χ4v) is 3.21. The second-order valence-electron chi connectivity index (χ2n) is 6.38. The summed E-state index contributed by atoms with van der Waals surface area (Å²) in [5.41, 5.74) is 0.849. The maximum absolute atomic E-state index is 12.5. The minimum absolute atomic E-state index is 0.371. The molecule has 0 aromatic heterocycles. The molecule has 0 saturated carbocycles. The molecule has 7 nitrogen and oxygen atoms in total. The molecule has 26 heavy (non-hydrogen) atoms. The number of rotatable bonds is 7. The zero-order valence-corrected chi connectivity index (χ0v) is 14.3. The molecule has 0 aliphatic carbocycles. The number of carbonyl (C=O) groups excluding carboxylic acids is 3. The summed E-state index contributed by atoms with van der Waals surface area (Å²) >= 11 is 0. The van der Waals surface area contributed by atoms with E-state index >= 15 is 0 Å². The Morgan fingerprint density at radius 2 is 1.77 bits per heavy atom. The lowest BCUT2D eigenvalue weighted by atomic mass is 9.82. The molecule has 1 fully saturated rings. The third-order valence-electron chi connectivity index (χ3n) is 4.59. The lowest BCUT2D eigenvalue weighted by molar-refractivity contribution is -0.313. The van der Waals surface area contributed by atoms with Crippen LogP contribution < -0.4 is 10.4 Å². The summed E-state index contributed by atoms with van der Waals surface area (Å²) in [6.45, 7) is 2.38. The van der Waals surface area contributed by atoms with E-state index in [4.69, 9.17) is 9.47 Å². The molecule has 1 saturated heterocycles. The van der Waals surface area contributed by atoms with Gasteiger partial charge in [0.15, 0.2) is 0 Å². The van der Waals surface area contributed by atoms with Gasteiger partial charge in [0.05, 0.1) is 30.3 Å². The van der Waals surface area contributed by atoms with Crippen molar-refractivity contribution < 1.29 is 29.0 Å². The van der Waals surface area contributed by atoms with E-state index in [0.717, 1.165) is 12.8 Å². The SMILES string of the molecule is CCCCOC(=O)c1ccc(NC(=O)[C@@H]2[C@@H](C(=O)[O-])[C@H]3C=C[C@@H]2O3)cc1. The Hall–Kier alpha value is -2.67. The van der Waals surface area contributed by atoms with Crippen LogP contribution in [0, 0.1) is 11.8 Å². The summed E-state index contributed by atoms with van der Waals surface area (Å²) < 4.78 is 10.6. The van der Waals surface area contributed by atoms with Gasteiger partial charge in [0.1, 0.15) is 0 Å². The summed E-state index contributed by atoms with van der Waals surface area (Å²) in [7, 11) is 0. The molecule has 1 aromatic rings. The van der Waals surface area contributed by atoms with Gasteiger partial charge in [0, 0.05) is 17.6 Å². The first kappa shape index (κ1) is 18.1. The van der Waals surface area contributed by atoms with E-state index in [0.29, 0.717) is 17.9 Å². The van der Waals surface area contributed by atoms with Crippen LogP contribution in [0.25, 0.3) is 0 Å². The molecule has 0 spiro atoms. The number of amides is 1. The molecule has 2 bridgehead atoms. The van der Waals surface area contributed by atoms with E-state index in [1.165, 1.54) is 0 Å². The van der Waals surface area contributed by atoms with Crippen LogP contribution in [-0.4, -0.2) is 36.7 Å². The van der Waals surface area contributed by atoms with Crippen molar-refractivity contribution in [3.63, 3.8) is 0 Å². The zero-order chi connectivity index (χ0) is 18.7. The maximum atomic E-state index is 12.5. The average molecular weight is 358 g/mol. The Morgan fingerprint density at radius 3 is 2.38 bits per heavy atom. The van der Waals surface area contributed by atoms with Crippen LogP contribution in [0.15, 0.2) is 36.4 Å². The molecule has 1 N–H and O–H groups in total. The number of esters is 1. The van der Waals surface area contributed by atoms with Crippen molar-refractivity contribution in [3.05, 3.63) is 42.0 Å². The van der Waals surface area contributed by atoms with Gasteiger partial charge in [-0.05, 0) is 30.7 Å². The smallest absolute Gasteiger partial charge is 0.338 e. The second kappa shape index (κ2) is 7.70. The highest BCUT2D eigenvalue weighted by Gasteiger charge is 2.50. The van der Waals surface area contributed by atoms with E-state index < -0.39 is 41.9 Å². The summed E-state index contributed by atoms with van der Waals surface area (Å²) in [4.78, 5) is 35.7.